The molecular weight excluding hydrogens is 450 g/mol. The van der Waals surface area contributed by atoms with Gasteiger partial charge in [-0.05, 0) is 67.3 Å². The summed E-state index contributed by atoms with van der Waals surface area (Å²) in [5.41, 5.74) is 17.3. The standard InChI is InChI=1S/C27H27N9/c28-14-18-13-20(11-12-22(18)31)32-27-21-7-1-2-8-23(21)36(35-27)25-10-4-9-24(33-25)34-26(17-5-3-6-17)19(15-29)16-30/h1-2,4,7-16,28-29H,3,5-6,30-31H2,(H,32,35)(H,33,34). The zero-order valence-electron chi connectivity index (χ0n) is 19.6. The van der Waals surface area contributed by atoms with E-state index in [2.05, 4.69) is 10.6 Å². The number of nitrogen functional groups attached to an aromatic ring is 1. The molecule has 1 aliphatic carbocycles. The van der Waals surface area contributed by atoms with Crippen LogP contribution in [0.25, 0.3) is 16.7 Å². The van der Waals surface area contributed by atoms with E-state index in [1.54, 1.807) is 10.7 Å². The fraction of sp³-hybridized carbons (Fsp3) is 0.111. The fourth-order valence-corrected chi connectivity index (χ4v) is 4.16. The molecule has 2 aromatic heterocycles. The lowest BCUT2D eigenvalue weighted by molar-refractivity contribution is 0.654. The Morgan fingerprint density at radius 3 is 2.58 bits per heavy atom. The van der Waals surface area contributed by atoms with Crippen molar-refractivity contribution < 1.29 is 0 Å². The molecule has 9 heteroatoms. The first-order valence-corrected chi connectivity index (χ1v) is 11.6. The number of nitrogens with one attached hydrogen (secondary N) is 4. The first-order valence-electron chi connectivity index (χ1n) is 11.6. The summed E-state index contributed by atoms with van der Waals surface area (Å²) in [5, 5.41) is 27.8. The lowest BCUT2D eigenvalue weighted by Gasteiger charge is -2.23. The predicted molar refractivity (Wildman–Crippen MR) is 146 cm³/mol. The van der Waals surface area contributed by atoms with Crippen LogP contribution in [0.2, 0.25) is 0 Å². The molecule has 0 spiro atoms. The largest absolute Gasteiger partial charge is 0.404 e. The van der Waals surface area contributed by atoms with Gasteiger partial charge in [-0.2, -0.15) is 0 Å². The maximum atomic E-state index is 7.74. The van der Waals surface area contributed by atoms with E-state index in [9.17, 15) is 0 Å². The maximum absolute atomic E-state index is 7.74. The van der Waals surface area contributed by atoms with Crippen LogP contribution in [0.4, 0.5) is 23.0 Å². The number of para-hydroxylation sites is 1. The molecule has 2 aromatic carbocycles. The molecule has 5 rings (SSSR count). The van der Waals surface area contributed by atoms with Crippen molar-refractivity contribution in [3.8, 4) is 5.82 Å². The molecular formula is C27H27N9. The minimum atomic E-state index is 0.548. The van der Waals surface area contributed by atoms with Crippen molar-refractivity contribution in [1.82, 2.24) is 14.8 Å². The van der Waals surface area contributed by atoms with Gasteiger partial charge in [0.2, 0.25) is 0 Å². The smallest absolute Gasteiger partial charge is 0.160 e. The maximum Gasteiger partial charge on any atom is 0.160 e. The number of fused-ring (bicyclic) bond motifs is 1. The van der Waals surface area contributed by atoms with Crippen LogP contribution >= 0.6 is 0 Å². The van der Waals surface area contributed by atoms with Gasteiger partial charge < -0.3 is 32.9 Å². The molecule has 1 saturated carbocycles. The number of aromatic nitrogens is 3. The molecule has 0 unspecified atom stereocenters. The first-order chi connectivity index (χ1) is 17.6. The molecule has 0 saturated heterocycles. The molecule has 8 N–H and O–H groups in total. The Bertz CT molecular complexity index is 1520. The monoisotopic (exact) mass is 477 g/mol. The Labute approximate surface area is 208 Å². The average molecular weight is 478 g/mol. The number of anilines is 4. The number of rotatable bonds is 8. The second-order valence-electron chi connectivity index (χ2n) is 8.50. The zero-order chi connectivity index (χ0) is 25.1. The SMILES string of the molecule is N=CC(=CN)C(Nc1cccc(-n2nc(Nc3ccc(N)c(C=N)c3)c3ccccc32)n1)=C1CCC1. The van der Waals surface area contributed by atoms with Crippen molar-refractivity contribution in [2.45, 2.75) is 19.3 Å². The normalized spacial score (nSPS) is 13.2. The molecule has 0 atom stereocenters. The summed E-state index contributed by atoms with van der Waals surface area (Å²) in [6.45, 7) is 0. The van der Waals surface area contributed by atoms with Crippen molar-refractivity contribution in [2.75, 3.05) is 16.4 Å². The quantitative estimate of drug-likeness (QED) is 0.153. The Kier molecular flexibility index (Phi) is 6.19. The molecule has 4 aromatic rings. The summed E-state index contributed by atoms with van der Waals surface area (Å²) >= 11 is 0. The highest BCUT2D eigenvalue weighted by Crippen LogP contribution is 2.32. The van der Waals surface area contributed by atoms with E-state index in [4.69, 9.17) is 32.4 Å². The van der Waals surface area contributed by atoms with Crippen molar-refractivity contribution in [3.05, 3.63) is 89.3 Å². The number of nitrogens with zero attached hydrogens (tertiary/aromatic N) is 3. The lowest BCUT2D eigenvalue weighted by Crippen LogP contribution is -2.14. The van der Waals surface area contributed by atoms with Gasteiger partial charge in [-0.3, -0.25) is 0 Å². The van der Waals surface area contributed by atoms with E-state index < -0.39 is 0 Å². The Morgan fingerprint density at radius 2 is 1.86 bits per heavy atom. The topological polar surface area (TPSA) is 155 Å². The van der Waals surface area contributed by atoms with E-state index in [0.29, 0.717) is 34.3 Å². The number of benzene rings is 2. The van der Waals surface area contributed by atoms with Crippen LogP contribution in [0.15, 0.2) is 83.7 Å². The molecule has 0 bridgehead atoms. The minimum absolute atomic E-state index is 0.548. The lowest BCUT2D eigenvalue weighted by atomic mass is 9.88. The minimum Gasteiger partial charge on any atom is -0.404 e. The Balaban J connectivity index is 1.52. The second-order valence-corrected chi connectivity index (χ2v) is 8.50. The summed E-state index contributed by atoms with van der Waals surface area (Å²) in [5.74, 6) is 1.96. The van der Waals surface area contributed by atoms with Gasteiger partial charge in [-0.1, -0.05) is 18.2 Å². The third kappa shape index (κ3) is 4.29. The summed E-state index contributed by atoms with van der Waals surface area (Å²) < 4.78 is 1.80. The Morgan fingerprint density at radius 1 is 1.03 bits per heavy atom. The van der Waals surface area contributed by atoms with E-state index in [1.807, 2.05) is 54.6 Å². The van der Waals surface area contributed by atoms with Crippen LogP contribution < -0.4 is 22.1 Å². The van der Waals surface area contributed by atoms with Gasteiger partial charge in [-0.15, -0.1) is 5.10 Å². The zero-order valence-corrected chi connectivity index (χ0v) is 19.6. The van der Waals surface area contributed by atoms with Crippen LogP contribution in [-0.2, 0) is 0 Å². The van der Waals surface area contributed by atoms with Gasteiger partial charge in [-0.25, -0.2) is 9.67 Å². The number of hydrogen-bond acceptors (Lipinski definition) is 8. The third-order valence-electron chi connectivity index (χ3n) is 6.23. The molecule has 36 heavy (non-hydrogen) atoms. The molecule has 9 nitrogen and oxygen atoms in total. The van der Waals surface area contributed by atoms with Gasteiger partial charge >= 0.3 is 0 Å². The van der Waals surface area contributed by atoms with Gasteiger partial charge in [0.25, 0.3) is 0 Å². The van der Waals surface area contributed by atoms with Crippen LogP contribution in [0.1, 0.15) is 24.8 Å². The van der Waals surface area contributed by atoms with Gasteiger partial charge in [0, 0.05) is 52.2 Å². The van der Waals surface area contributed by atoms with Crippen LogP contribution in [0, 0.1) is 10.8 Å². The highest BCUT2D eigenvalue weighted by molar-refractivity contribution is 5.94. The molecule has 2 heterocycles. The molecule has 0 aliphatic heterocycles. The number of hydrogen-bond donors (Lipinski definition) is 6. The van der Waals surface area contributed by atoms with Crippen LogP contribution in [0.5, 0.6) is 0 Å². The van der Waals surface area contributed by atoms with Gasteiger partial charge in [0.05, 0.1) is 5.52 Å². The summed E-state index contributed by atoms with van der Waals surface area (Å²) in [7, 11) is 0. The van der Waals surface area contributed by atoms with E-state index in [-0.39, 0.29) is 0 Å². The molecule has 1 aliphatic rings. The molecule has 1 fully saturated rings. The van der Waals surface area contributed by atoms with Gasteiger partial charge in [0.15, 0.2) is 11.6 Å². The Hall–Kier alpha value is -4.92. The number of nitrogens with two attached hydrogens (primary N) is 2. The van der Waals surface area contributed by atoms with Crippen LogP contribution in [0.3, 0.4) is 0 Å². The number of pyridine rings is 1. The van der Waals surface area contributed by atoms with E-state index >= 15 is 0 Å². The van der Waals surface area contributed by atoms with E-state index in [1.165, 1.54) is 24.2 Å². The summed E-state index contributed by atoms with van der Waals surface area (Å²) in [6, 6.07) is 19.1. The number of allylic oxidation sites excluding steroid dienone is 2. The second kappa shape index (κ2) is 9.75. The van der Waals surface area contributed by atoms with Crippen molar-refractivity contribution in [1.29, 1.82) is 10.8 Å². The first kappa shape index (κ1) is 22.9. The van der Waals surface area contributed by atoms with Crippen molar-refractivity contribution in [2.24, 2.45) is 5.73 Å². The van der Waals surface area contributed by atoms with Crippen molar-refractivity contribution in [3.63, 3.8) is 0 Å². The predicted octanol–water partition coefficient (Wildman–Crippen LogP) is 5.09. The molecule has 0 radical (unpaired) electrons. The van der Waals surface area contributed by atoms with Gasteiger partial charge in [0.1, 0.15) is 5.82 Å². The van der Waals surface area contributed by atoms with Crippen molar-refractivity contribution >= 4 is 46.3 Å². The highest BCUT2D eigenvalue weighted by Gasteiger charge is 2.18. The van der Waals surface area contributed by atoms with E-state index in [0.717, 1.165) is 41.5 Å². The van der Waals surface area contributed by atoms with Crippen LogP contribution in [-0.4, -0.2) is 27.2 Å². The molecule has 180 valence electrons. The highest BCUT2D eigenvalue weighted by atomic mass is 15.3. The summed E-state index contributed by atoms with van der Waals surface area (Å²) in [6.07, 6.45) is 7.04. The average Bonchev–Trinajstić information content (AvgIpc) is 3.23. The third-order valence-corrected chi connectivity index (χ3v) is 6.23. The molecule has 0 amide bonds. The fourth-order valence-electron chi connectivity index (χ4n) is 4.16. The summed E-state index contributed by atoms with van der Waals surface area (Å²) in [4.78, 5) is 4.82.